The van der Waals surface area contributed by atoms with E-state index < -0.39 is 7.82 Å². The fourth-order valence-corrected chi connectivity index (χ4v) is 1.75. The van der Waals surface area contributed by atoms with Gasteiger partial charge in [-0.25, -0.2) is 4.57 Å². The average Bonchev–Trinajstić information content (AvgIpc) is 2.36. The summed E-state index contributed by atoms with van der Waals surface area (Å²) in [6, 6.07) is 13.5. The number of phosphoric ester groups is 1. The average molecular weight is 296 g/mol. The Morgan fingerprint density at radius 1 is 0.950 bits per heavy atom. The van der Waals surface area contributed by atoms with Crippen molar-refractivity contribution < 1.29 is 24.0 Å². The van der Waals surface area contributed by atoms with Crippen molar-refractivity contribution in [2.45, 2.75) is 13.8 Å². The molecule has 0 radical (unpaired) electrons. The number of benzene rings is 2. The molecule has 0 aliphatic heterocycles. The first kappa shape index (κ1) is 16.2. The molecule has 0 unspecified atom stereocenters. The minimum atomic E-state index is -4.39. The van der Waals surface area contributed by atoms with Gasteiger partial charge >= 0.3 is 7.82 Å². The number of aromatic hydroxyl groups is 1. The van der Waals surface area contributed by atoms with Crippen LogP contribution in [0.25, 0.3) is 0 Å². The molecule has 2 aromatic carbocycles. The van der Waals surface area contributed by atoms with Crippen LogP contribution in [0.1, 0.15) is 11.1 Å². The molecule has 0 amide bonds. The molecule has 20 heavy (non-hydrogen) atoms. The maximum atomic E-state index is 10.3. The topological polar surface area (TPSA) is 87.0 Å². The summed E-state index contributed by atoms with van der Waals surface area (Å²) in [6.45, 7) is 3.89. The summed E-state index contributed by atoms with van der Waals surface area (Å²) < 4.78 is 14.5. The Morgan fingerprint density at radius 2 is 1.55 bits per heavy atom. The number of hydrogen-bond donors (Lipinski definition) is 3. The largest absolute Gasteiger partial charge is 0.524 e. The molecule has 108 valence electrons. The zero-order valence-corrected chi connectivity index (χ0v) is 12.1. The summed E-state index contributed by atoms with van der Waals surface area (Å²) in [5.41, 5.74) is 2.10. The minimum absolute atomic E-state index is 0.167. The van der Waals surface area contributed by atoms with E-state index in [1.807, 2.05) is 26.0 Å². The number of phenols is 1. The standard InChI is InChI=1S/C8H10O.C6H7O4P/c1-6-4-3-5-8(9)7(6)2;7-11(8,9)10-6-4-2-1-3-5-6/h3-5,9H,1-2H3;1-5H,(H2,7,8,9). The van der Waals surface area contributed by atoms with Gasteiger partial charge in [-0.1, -0.05) is 30.3 Å². The van der Waals surface area contributed by atoms with Crippen LogP contribution in [0.5, 0.6) is 11.5 Å². The first-order valence-electron chi connectivity index (χ1n) is 5.85. The zero-order valence-electron chi connectivity index (χ0n) is 11.2. The maximum absolute atomic E-state index is 10.3. The predicted octanol–water partition coefficient (Wildman–Crippen LogP) is 3.17. The molecule has 0 atom stereocenters. The van der Waals surface area contributed by atoms with Gasteiger partial charge in [-0.3, -0.25) is 9.79 Å². The van der Waals surface area contributed by atoms with Gasteiger partial charge < -0.3 is 9.63 Å². The van der Waals surface area contributed by atoms with E-state index in [4.69, 9.17) is 14.9 Å². The number of aryl methyl sites for hydroxylation is 1. The Morgan fingerprint density at radius 3 is 2.00 bits per heavy atom. The number of para-hydroxylation sites is 1. The molecule has 3 N–H and O–H groups in total. The van der Waals surface area contributed by atoms with Gasteiger partial charge in [0.1, 0.15) is 11.5 Å². The van der Waals surface area contributed by atoms with Gasteiger partial charge in [0, 0.05) is 0 Å². The fraction of sp³-hybridized carbons (Fsp3) is 0.143. The van der Waals surface area contributed by atoms with Gasteiger partial charge in [0.15, 0.2) is 0 Å². The third-order valence-electron chi connectivity index (χ3n) is 2.54. The molecule has 0 fully saturated rings. The van der Waals surface area contributed by atoms with Crippen LogP contribution in [0.2, 0.25) is 0 Å². The van der Waals surface area contributed by atoms with Gasteiger partial charge in [-0.15, -0.1) is 0 Å². The van der Waals surface area contributed by atoms with E-state index in [0.29, 0.717) is 5.75 Å². The van der Waals surface area contributed by atoms with Crippen LogP contribution < -0.4 is 4.52 Å². The third-order valence-corrected chi connectivity index (χ3v) is 2.99. The zero-order chi connectivity index (χ0) is 15.2. The molecule has 0 aromatic heterocycles. The Hall–Kier alpha value is -1.81. The van der Waals surface area contributed by atoms with Gasteiger partial charge in [-0.2, -0.15) is 0 Å². The molecule has 6 heteroatoms. The van der Waals surface area contributed by atoms with E-state index in [9.17, 15) is 4.57 Å². The van der Waals surface area contributed by atoms with Crippen LogP contribution in [0.3, 0.4) is 0 Å². The SMILES string of the molecule is Cc1cccc(O)c1C.O=P(O)(O)Oc1ccccc1. The highest BCUT2D eigenvalue weighted by atomic mass is 31.2. The molecule has 5 nitrogen and oxygen atoms in total. The summed E-state index contributed by atoms with van der Waals surface area (Å²) in [4.78, 5) is 16.7. The molecular formula is C14H17O5P. The monoisotopic (exact) mass is 296 g/mol. The quantitative estimate of drug-likeness (QED) is 0.741. The lowest BCUT2D eigenvalue weighted by Crippen LogP contribution is -1.88. The summed E-state index contributed by atoms with van der Waals surface area (Å²) in [5, 5.41) is 9.10. The van der Waals surface area contributed by atoms with E-state index in [2.05, 4.69) is 4.52 Å². The molecule has 0 aliphatic rings. The van der Waals surface area contributed by atoms with Crippen LogP contribution in [0.15, 0.2) is 48.5 Å². The second-order valence-corrected chi connectivity index (χ2v) is 5.28. The second-order valence-electron chi connectivity index (χ2n) is 4.11. The Labute approximate surface area is 117 Å². The van der Waals surface area contributed by atoms with Crippen LogP contribution in [0.4, 0.5) is 0 Å². The highest BCUT2D eigenvalue weighted by Gasteiger charge is 2.14. The molecule has 0 spiro atoms. The van der Waals surface area contributed by atoms with Crippen molar-refractivity contribution in [1.29, 1.82) is 0 Å². The molecule has 0 heterocycles. The van der Waals surface area contributed by atoms with E-state index >= 15 is 0 Å². The Balaban J connectivity index is 0.000000204. The van der Waals surface area contributed by atoms with Gasteiger partial charge in [0.05, 0.1) is 0 Å². The number of phenolic OH excluding ortho intramolecular Hbond substituents is 1. The third kappa shape index (κ3) is 5.89. The summed E-state index contributed by atoms with van der Waals surface area (Å²) in [6.07, 6.45) is 0. The van der Waals surface area contributed by atoms with E-state index in [1.165, 1.54) is 12.1 Å². The van der Waals surface area contributed by atoms with Crippen molar-refractivity contribution in [1.82, 2.24) is 0 Å². The van der Waals surface area contributed by atoms with E-state index in [-0.39, 0.29) is 5.75 Å². The van der Waals surface area contributed by atoms with Crippen LogP contribution in [-0.2, 0) is 4.57 Å². The molecule has 0 saturated heterocycles. The highest BCUT2D eigenvalue weighted by molar-refractivity contribution is 7.46. The van der Waals surface area contributed by atoms with Gasteiger partial charge in [0.2, 0.25) is 0 Å². The number of phosphoric acid groups is 1. The molecular weight excluding hydrogens is 279 g/mol. The highest BCUT2D eigenvalue weighted by Crippen LogP contribution is 2.36. The van der Waals surface area contributed by atoms with E-state index in [1.54, 1.807) is 24.3 Å². The summed E-state index contributed by atoms with van der Waals surface area (Å²) in [7, 11) is -4.39. The van der Waals surface area contributed by atoms with Crippen molar-refractivity contribution in [3.8, 4) is 11.5 Å². The second kappa shape index (κ2) is 7.10. The molecule has 0 bridgehead atoms. The minimum Gasteiger partial charge on any atom is -0.508 e. The predicted molar refractivity (Wildman–Crippen MR) is 76.7 cm³/mol. The van der Waals surface area contributed by atoms with Crippen molar-refractivity contribution in [3.05, 3.63) is 59.7 Å². The van der Waals surface area contributed by atoms with Crippen LogP contribution >= 0.6 is 7.82 Å². The van der Waals surface area contributed by atoms with Crippen molar-refractivity contribution in [3.63, 3.8) is 0 Å². The summed E-state index contributed by atoms with van der Waals surface area (Å²) in [5.74, 6) is 0.552. The number of hydrogen-bond acceptors (Lipinski definition) is 3. The lowest BCUT2D eigenvalue weighted by molar-refractivity contribution is 0.283. The molecule has 0 saturated carbocycles. The van der Waals surface area contributed by atoms with Crippen molar-refractivity contribution in [2.24, 2.45) is 0 Å². The number of rotatable bonds is 2. The fourth-order valence-electron chi connectivity index (χ4n) is 1.35. The van der Waals surface area contributed by atoms with Crippen LogP contribution in [0, 0.1) is 13.8 Å². The van der Waals surface area contributed by atoms with Gasteiger partial charge in [0.25, 0.3) is 0 Å². The Kier molecular flexibility index (Phi) is 5.77. The summed E-state index contributed by atoms with van der Waals surface area (Å²) >= 11 is 0. The van der Waals surface area contributed by atoms with Crippen molar-refractivity contribution >= 4 is 7.82 Å². The normalized spacial score (nSPS) is 10.4. The first-order chi connectivity index (χ1) is 9.29. The van der Waals surface area contributed by atoms with E-state index in [0.717, 1.165) is 11.1 Å². The molecule has 2 aromatic rings. The molecule has 2 rings (SSSR count). The maximum Gasteiger partial charge on any atom is 0.524 e. The smallest absolute Gasteiger partial charge is 0.508 e. The Bertz CT molecular complexity index is 572. The molecule has 0 aliphatic carbocycles. The van der Waals surface area contributed by atoms with Crippen molar-refractivity contribution in [2.75, 3.05) is 0 Å². The lowest BCUT2D eigenvalue weighted by atomic mass is 10.1. The lowest BCUT2D eigenvalue weighted by Gasteiger charge is -2.04. The van der Waals surface area contributed by atoms with Gasteiger partial charge in [-0.05, 0) is 43.2 Å². The first-order valence-corrected chi connectivity index (χ1v) is 7.38. The van der Waals surface area contributed by atoms with Crippen LogP contribution in [-0.4, -0.2) is 14.9 Å².